The summed E-state index contributed by atoms with van der Waals surface area (Å²) in [5, 5.41) is 4.60. The van der Waals surface area contributed by atoms with Gasteiger partial charge in [-0.2, -0.15) is 0 Å². The third kappa shape index (κ3) is 6.88. The van der Waals surface area contributed by atoms with E-state index < -0.39 is 5.82 Å². The Hall–Kier alpha value is -3.59. The molecule has 2 heterocycles. The zero-order valence-electron chi connectivity index (χ0n) is 24.4. The van der Waals surface area contributed by atoms with Crippen LogP contribution in [0.15, 0.2) is 72.3 Å². The highest BCUT2D eigenvalue weighted by atomic mass is 35.5. The van der Waals surface area contributed by atoms with Crippen molar-refractivity contribution in [3.8, 4) is 11.5 Å². The lowest BCUT2D eigenvalue weighted by Crippen LogP contribution is -2.61. The molecule has 2 amide bonds. The zero-order chi connectivity index (χ0) is 30.8. The van der Waals surface area contributed by atoms with Crippen LogP contribution in [0.5, 0.6) is 11.5 Å². The number of hydrogen-bond donors (Lipinski definition) is 1. The van der Waals surface area contributed by atoms with Gasteiger partial charge >= 0.3 is 0 Å². The average Bonchev–Trinajstić information content (AvgIpc) is 3.85. The Bertz CT molecular complexity index is 1580. The summed E-state index contributed by atoms with van der Waals surface area (Å²) in [7, 11) is 0. The number of halogens is 3. The molecule has 2 bridgehead atoms. The minimum atomic E-state index is -0.423. The monoisotopic (exact) mass is 637 g/mol. The molecule has 0 spiro atoms. The van der Waals surface area contributed by atoms with Crippen molar-refractivity contribution in [3.63, 3.8) is 0 Å². The van der Waals surface area contributed by atoms with E-state index in [2.05, 4.69) is 5.32 Å². The Morgan fingerprint density at radius 2 is 1.73 bits per heavy atom. The van der Waals surface area contributed by atoms with Crippen molar-refractivity contribution in [1.29, 1.82) is 0 Å². The zero-order valence-corrected chi connectivity index (χ0v) is 25.9. The molecule has 7 nitrogen and oxygen atoms in total. The molecule has 10 heteroatoms. The second-order valence-corrected chi connectivity index (χ2v) is 12.3. The molecule has 44 heavy (non-hydrogen) atoms. The summed E-state index contributed by atoms with van der Waals surface area (Å²) in [5.41, 5.74) is 3.56. The van der Waals surface area contributed by atoms with Crippen LogP contribution in [0.2, 0.25) is 10.0 Å². The number of piperazine rings is 1. The molecule has 1 saturated carbocycles. The number of carbonyl (C=O) groups is 2. The summed E-state index contributed by atoms with van der Waals surface area (Å²) in [4.78, 5) is 30.6. The minimum Gasteiger partial charge on any atom is -0.490 e. The van der Waals surface area contributed by atoms with Gasteiger partial charge in [0.2, 0.25) is 5.91 Å². The molecule has 2 atom stereocenters. The largest absolute Gasteiger partial charge is 0.490 e. The van der Waals surface area contributed by atoms with Gasteiger partial charge in [0.25, 0.3) is 5.91 Å². The van der Waals surface area contributed by atoms with Crippen LogP contribution < -0.4 is 14.8 Å². The predicted molar refractivity (Wildman–Crippen MR) is 168 cm³/mol. The second-order valence-electron chi connectivity index (χ2n) is 11.5. The van der Waals surface area contributed by atoms with Crippen LogP contribution in [0.1, 0.15) is 37.3 Å². The van der Waals surface area contributed by atoms with E-state index in [4.69, 9.17) is 32.7 Å². The van der Waals surface area contributed by atoms with Gasteiger partial charge in [-0.3, -0.25) is 9.59 Å². The van der Waals surface area contributed by atoms with Crippen LogP contribution in [-0.4, -0.2) is 66.0 Å². The molecule has 3 aromatic carbocycles. The Kier molecular flexibility index (Phi) is 9.12. The molecule has 2 aliphatic heterocycles. The van der Waals surface area contributed by atoms with Gasteiger partial charge < -0.3 is 24.6 Å². The van der Waals surface area contributed by atoms with Gasteiger partial charge in [-0.25, -0.2) is 4.39 Å². The Balaban J connectivity index is 1.23. The number of hydrogen-bond acceptors (Lipinski definition) is 5. The van der Waals surface area contributed by atoms with Crippen LogP contribution >= 0.6 is 23.2 Å². The molecule has 230 valence electrons. The van der Waals surface area contributed by atoms with Crippen molar-refractivity contribution in [3.05, 3.63) is 99.3 Å². The van der Waals surface area contributed by atoms with Gasteiger partial charge in [0.1, 0.15) is 30.5 Å². The third-order valence-corrected chi connectivity index (χ3v) is 9.01. The standard InChI is InChI=1S/C34H34Cl2FN3O4/c1-21(41)39-19-25-17-28(22-6-11-27(12-7-22)43-14-15-44-32-16-24(37)8-13-30(32)36)33(31(20-39)38-25)34(42)40(26-9-10-26)18-23-4-2-3-5-29(23)35/h2-8,11-13,16,25-26,31,38H,9-10,14-15,17-20H2,1H3/t25-,31-/m1/s1. The highest BCUT2D eigenvalue weighted by molar-refractivity contribution is 6.32. The smallest absolute Gasteiger partial charge is 0.252 e. The number of carbonyl (C=O) groups excluding carboxylic acids is 2. The first-order valence-corrected chi connectivity index (χ1v) is 15.6. The summed E-state index contributed by atoms with van der Waals surface area (Å²) in [6.45, 7) is 3.49. The number of nitrogens with zero attached hydrogens (tertiary/aromatic N) is 2. The SMILES string of the molecule is CC(=O)N1C[C@H]2CC(c3ccc(OCCOc4cc(F)ccc4Cl)cc3)=C(C(=O)N(Cc3ccccc3Cl)C3CC3)[C@@H](C1)N2. The van der Waals surface area contributed by atoms with Gasteiger partial charge in [-0.05, 0) is 66.3 Å². The van der Waals surface area contributed by atoms with Crippen LogP contribution in [0.3, 0.4) is 0 Å². The van der Waals surface area contributed by atoms with E-state index in [-0.39, 0.29) is 48.9 Å². The lowest BCUT2D eigenvalue weighted by molar-refractivity contribution is -0.132. The number of amides is 2. The van der Waals surface area contributed by atoms with Gasteiger partial charge in [-0.15, -0.1) is 0 Å². The number of benzene rings is 3. The molecular weight excluding hydrogens is 604 g/mol. The molecular formula is C34H34Cl2FN3O4. The van der Waals surface area contributed by atoms with E-state index >= 15 is 0 Å². The first-order chi connectivity index (χ1) is 21.3. The summed E-state index contributed by atoms with van der Waals surface area (Å²) >= 11 is 12.6. The van der Waals surface area contributed by atoms with Crippen molar-refractivity contribution < 1.29 is 23.5 Å². The second kappa shape index (κ2) is 13.2. The molecule has 1 aliphatic carbocycles. The Morgan fingerprint density at radius 3 is 2.45 bits per heavy atom. The highest BCUT2D eigenvalue weighted by Crippen LogP contribution is 2.38. The summed E-state index contributed by atoms with van der Waals surface area (Å²) in [6, 6.07) is 19.2. The van der Waals surface area contributed by atoms with Crippen LogP contribution in [0.25, 0.3) is 5.57 Å². The maximum Gasteiger partial charge on any atom is 0.252 e. The molecule has 1 saturated heterocycles. The summed E-state index contributed by atoms with van der Waals surface area (Å²) in [6.07, 6.45) is 2.54. The number of rotatable bonds is 10. The van der Waals surface area contributed by atoms with E-state index in [0.717, 1.165) is 29.5 Å². The molecule has 0 unspecified atom stereocenters. The molecule has 1 N–H and O–H groups in total. The first kappa shape index (κ1) is 30.4. The van der Waals surface area contributed by atoms with Crippen LogP contribution in [0.4, 0.5) is 4.39 Å². The molecule has 6 rings (SSSR count). The quantitative estimate of drug-likeness (QED) is 0.271. The van der Waals surface area contributed by atoms with Gasteiger partial charge in [-0.1, -0.05) is 53.5 Å². The van der Waals surface area contributed by atoms with Gasteiger partial charge in [0.05, 0.1) is 11.1 Å². The molecule has 0 aromatic heterocycles. The predicted octanol–water partition coefficient (Wildman–Crippen LogP) is 6.13. The molecule has 3 aliphatic rings. The molecule has 2 fully saturated rings. The highest BCUT2D eigenvalue weighted by Gasteiger charge is 2.43. The van der Waals surface area contributed by atoms with Crippen molar-refractivity contribution in [2.45, 2.75) is 50.9 Å². The fourth-order valence-corrected chi connectivity index (χ4v) is 6.36. The third-order valence-electron chi connectivity index (χ3n) is 8.33. The van der Waals surface area contributed by atoms with Crippen molar-refractivity contribution in [2.24, 2.45) is 0 Å². The van der Waals surface area contributed by atoms with Gasteiger partial charge in [0.15, 0.2) is 0 Å². The number of fused-ring (bicyclic) bond motifs is 2. The lowest BCUT2D eigenvalue weighted by atomic mass is 9.82. The Labute approximate surface area is 266 Å². The van der Waals surface area contributed by atoms with Crippen molar-refractivity contribution >= 4 is 40.6 Å². The average molecular weight is 639 g/mol. The van der Waals surface area contributed by atoms with E-state index in [1.54, 1.807) is 6.92 Å². The fourth-order valence-electron chi connectivity index (χ4n) is 5.99. The van der Waals surface area contributed by atoms with Crippen LogP contribution in [-0.2, 0) is 16.1 Å². The maximum absolute atomic E-state index is 14.5. The number of nitrogens with one attached hydrogen (secondary N) is 1. The lowest BCUT2D eigenvalue weighted by Gasteiger charge is -2.44. The molecule has 0 radical (unpaired) electrons. The summed E-state index contributed by atoms with van der Waals surface area (Å²) < 4.78 is 24.9. The van der Waals surface area contributed by atoms with E-state index in [1.807, 2.05) is 58.3 Å². The van der Waals surface area contributed by atoms with Gasteiger partial charge in [0, 0.05) is 55.3 Å². The van der Waals surface area contributed by atoms with Crippen LogP contribution in [0, 0.1) is 5.82 Å². The normalized spacial score (nSPS) is 19.5. The van der Waals surface area contributed by atoms with E-state index in [0.29, 0.717) is 47.4 Å². The Morgan fingerprint density at radius 1 is 0.977 bits per heavy atom. The van der Waals surface area contributed by atoms with E-state index in [9.17, 15) is 14.0 Å². The fraction of sp³-hybridized carbons (Fsp3) is 0.353. The minimum absolute atomic E-state index is 0.0111. The van der Waals surface area contributed by atoms with Crippen molar-refractivity contribution in [1.82, 2.24) is 15.1 Å². The van der Waals surface area contributed by atoms with Crippen molar-refractivity contribution in [2.75, 3.05) is 26.3 Å². The first-order valence-electron chi connectivity index (χ1n) is 14.9. The summed E-state index contributed by atoms with van der Waals surface area (Å²) in [5.74, 6) is 0.484. The molecule has 3 aromatic rings. The maximum atomic E-state index is 14.5. The topological polar surface area (TPSA) is 71.1 Å². The van der Waals surface area contributed by atoms with E-state index in [1.165, 1.54) is 18.2 Å². The number of ether oxygens (including phenoxy) is 2.